The van der Waals surface area contributed by atoms with E-state index in [1.165, 1.54) is 4.68 Å². The Bertz CT molecular complexity index is 490. The average molecular weight is 283 g/mol. The Morgan fingerprint density at radius 2 is 2.00 bits per heavy atom. The normalized spacial score (nSPS) is 20.2. The summed E-state index contributed by atoms with van der Waals surface area (Å²) in [6, 6.07) is 0. The highest BCUT2D eigenvalue weighted by molar-refractivity contribution is 4.94. The van der Waals surface area contributed by atoms with Gasteiger partial charge in [-0.1, -0.05) is 20.8 Å². The molecule has 1 N–H and O–H groups in total. The Morgan fingerprint density at radius 3 is 2.45 bits per heavy atom. The molecule has 1 aliphatic heterocycles. The fourth-order valence-electron chi connectivity index (χ4n) is 2.46. The molecule has 0 aliphatic carbocycles. The summed E-state index contributed by atoms with van der Waals surface area (Å²) in [4.78, 5) is 14.0. The van der Waals surface area contributed by atoms with Crippen LogP contribution in [0.5, 0.6) is 0 Å². The van der Waals surface area contributed by atoms with Gasteiger partial charge in [0.15, 0.2) is 0 Å². The quantitative estimate of drug-likeness (QED) is 0.902. The minimum absolute atomic E-state index is 0.251. The van der Waals surface area contributed by atoms with E-state index >= 15 is 0 Å². The third-order valence-electron chi connectivity index (χ3n) is 3.90. The number of aliphatic hydroxyl groups excluding tert-OH is 1. The van der Waals surface area contributed by atoms with Gasteiger partial charge in [0.25, 0.3) is 0 Å². The Balaban J connectivity index is 1.98. The van der Waals surface area contributed by atoms with Gasteiger partial charge in [0, 0.05) is 18.5 Å². The summed E-state index contributed by atoms with van der Waals surface area (Å²) in [5, 5.41) is 13.9. The largest absolute Gasteiger partial charge is 0.438 e. The second-order valence-electron chi connectivity index (χ2n) is 6.76. The van der Waals surface area contributed by atoms with Gasteiger partial charge in [-0.25, -0.2) is 4.79 Å². The molecule has 114 valence electrons. The minimum atomic E-state index is -0.396. The third kappa shape index (κ3) is 3.49. The molecule has 2 heterocycles. The zero-order valence-corrected chi connectivity index (χ0v) is 12.8. The van der Waals surface area contributed by atoms with Gasteiger partial charge in [0.1, 0.15) is 6.67 Å². The van der Waals surface area contributed by atoms with E-state index in [1.54, 1.807) is 0 Å². The molecule has 1 aliphatic rings. The zero-order valence-electron chi connectivity index (χ0n) is 12.8. The minimum Gasteiger partial charge on any atom is -0.393 e. The third-order valence-corrected chi connectivity index (χ3v) is 3.90. The molecule has 6 nitrogen and oxygen atoms in total. The summed E-state index contributed by atoms with van der Waals surface area (Å²) in [6.45, 7) is 9.96. The number of nitrogens with zero attached hydrogens (tertiary/aromatic N) is 3. The summed E-state index contributed by atoms with van der Waals surface area (Å²) < 4.78 is 6.60. The van der Waals surface area contributed by atoms with Gasteiger partial charge in [0.05, 0.1) is 6.10 Å². The Morgan fingerprint density at radius 1 is 1.40 bits per heavy atom. The van der Waals surface area contributed by atoms with Crippen LogP contribution in [-0.4, -0.2) is 39.0 Å². The van der Waals surface area contributed by atoms with Gasteiger partial charge in [-0.3, -0.25) is 4.90 Å². The lowest BCUT2D eigenvalue weighted by atomic mass is 9.92. The van der Waals surface area contributed by atoms with Crippen molar-refractivity contribution in [2.75, 3.05) is 13.1 Å². The fraction of sp³-hybridized carbons (Fsp3) is 0.857. The van der Waals surface area contributed by atoms with Gasteiger partial charge in [-0.15, -0.1) is 5.10 Å². The Kier molecular flexibility index (Phi) is 4.34. The van der Waals surface area contributed by atoms with Gasteiger partial charge >= 0.3 is 5.76 Å². The fourth-order valence-corrected chi connectivity index (χ4v) is 2.46. The SMILES string of the molecule is CC(O)C1CCN(Cn2nc(C(C)(C)C)oc2=O)CC1. The molecule has 1 fully saturated rings. The predicted octanol–water partition coefficient (Wildman–Crippen LogP) is 1.18. The van der Waals surface area contributed by atoms with Crippen LogP contribution in [0.3, 0.4) is 0 Å². The van der Waals surface area contributed by atoms with E-state index in [0.717, 1.165) is 25.9 Å². The first-order chi connectivity index (χ1) is 9.27. The van der Waals surface area contributed by atoms with Crippen LogP contribution in [0.2, 0.25) is 0 Å². The van der Waals surface area contributed by atoms with Gasteiger partial charge in [-0.2, -0.15) is 4.68 Å². The van der Waals surface area contributed by atoms with Crippen molar-refractivity contribution in [3.05, 3.63) is 16.4 Å². The molecule has 1 atom stereocenters. The van der Waals surface area contributed by atoms with Crippen molar-refractivity contribution in [2.24, 2.45) is 5.92 Å². The zero-order chi connectivity index (χ0) is 14.9. The van der Waals surface area contributed by atoms with Crippen molar-refractivity contribution < 1.29 is 9.52 Å². The number of rotatable bonds is 3. The standard InChI is InChI=1S/C14H25N3O3/c1-10(18)11-5-7-16(8-6-11)9-17-13(19)20-12(15-17)14(2,3)4/h10-11,18H,5-9H2,1-4H3. The molecule has 0 radical (unpaired) electrons. The molecule has 0 amide bonds. The van der Waals surface area contributed by atoms with E-state index in [1.807, 2.05) is 27.7 Å². The molecular weight excluding hydrogens is 258 g/mol. The van der Waals surface area contributed by atoms with Crippen molar-refractivity contribution in [3.63, 3.8) is 0 Å². The van der Waals surface area contributed by atoms with E-state index in [-0.39, 0.29) is 11.5 Å². The Labute approximate surface area is 119 Å². The van der Waals surface area contributed by atoms with Crippen LogP contribution in [-0.2, 0) is 12.1 Å². The number of aromatic nitrogens is 2. The molecule has 1 unspecified atom stereocenters. The molecule has 0 spiro atoms. The molecular formula is C14H25N3O3. The van der Waals surface area contributed by atoms with E-state index in [9.17, 15) is 9.90 Å². The molecule has 6 heteroatoms. The molecule has 0 saturated carbocycles. The maximum Gasteiger partial charge on any atom is 0.438 e. The first kappa shape index (κ1) is 15.3. The molecule has 1 aromatic heterocycles. The lowest BCUT2D eigenvalue weighted by Crippen LogP contribution is -2.39. The van der Waals surface area contributed by atoms with Crippen LogP contribution in [0, 0.1) is 5.92 Å². The summed E-state index contributed by atoms with van der Waals surface area (Å²) >= 11 is 0. The first-order valence-corrected chi connectivity index (χ1v) is 7.26. The van der Waals surface area contributed by atoms with Gasteiger partial charge < -0.3 is 9.52 Å². The van der Waals surface area contributed by atoms with E-state index in [2.05, 4.69) is 10.00 Å². The molecule has 1 aromatic rings. The van der Waals surface area contributed by atoms with Gasteiger partial charge in [0.2, 0.25) is 5.89 Å². The first-order valence-electron chi connectivity index (χ1n) is 7.26. The van der Waals surface area contributed by atoms with Crippen molar-refractivity contribution in [3.8, 4) is 0 Å². The number of piperidine rings is 1. The maximum atomic E-state index is 11.8. The Hall–Kier alpha value is -1.14. The molecule has 2 rings (SSSR count). The van der Waals surface area contributed by atoms with Crippen molar-refractivity contribution in [1.82, 2.24) is 14.7 Å². The van der Waals surface area contributed by atoms with Crippen molar-refractivity contribution in [2.45, 2.75) is 58.7 Å². The predicted molar refractivity (Wildman–Crippen MR) is 75.4 cm³/mol. The monoisotopic (exact) mass is 283 g/mol. The highest BCUT2D eigenvalue weighted by atomic mass is 16.4. The van der Waals surface area contributed by atoms with Crippen molar-refractivity contribution in [1.29, 1.82) is 0 Å². The number of hydrogen-bond acceptors (Lipinski definition) is 5. The average Bonchev–Trinajstić information content (AvgIpc) is 2.71. The summed E-state index contributed by atoms with van der Waals surface area (Å²) in [6.07, 6.45) is 1.66. The maximum absolute atomic E-state index is 11.8. The highest BCUT2D eigenvalue weighted by Gasteiger charge is 2.25. The summed E-state index contributed by atoms with van der Waals surface area (Å²) in [5.41, 5.74) is -0.260. The van der Waals surface area contributed by atoms with E-state index < -0.39 is 5.76 Å². The van der Waals surface area contributed by atoms with E-state index in [0.29, 0.717) is 18.5 Å². The van der Waals surface area contributed by atoms with Crippen LogP contribution in [0.1, 0.15) is 46.4 Å². The van der Waals surface area contributed by atoms with Crippen LogP contribution in [0.15, 0.2) is 9.21 Å². The number of likely N-dealkylation sites (tertiary alicyclic amines) is 1. The summed E-state index contributed by atoms with van der Waals surface area (Å²) in [5.74, 6) is 0.444. The van der Waals surface area contributed by atoms with Gasteiger partial charge in [-0.05, 0) is 25.7 Å². The molecule has 0 bridgehead atoms. The molecule has 0 aromatic carbocycles. The second-order valence-corrected chi connectivity index (χ2v) is 6.76. The smallest absolute Gasteiger partial charge is 0.393 e. The second kappa shape index (κ2) is 5.69. The number of aliphatic hydroxyl groups is 1. The van der Waals surface area contributed by atoms with Crippen LogP contribution in [0.25, 0.3) is 0 Å². The lowest BCUT2D eigenvalue weighted by Gasteiger charge is -2.32. The molecule has 20 heavy (non-hydrogen) atoms. The highest BCUT2D eigenvalue weighted by Crippen LogP contribution is 2.21. The lowest BCUT2D eigenvalue weighted by molar-refractivity contribution is 0.0584. The number of hydrogen-bond donors (Lipinski definition) is 1. The van der Waals surface area contributed by atoms with Crippen LogP contribution < -0.4 is 5.76 Å². The van der Waals surface area contributed by atoms with E-state index in [4.69, 9.17) is 4.42 Å². The van der Waals surface area contributed by atoms with Crippen LogP contribution in [0.4, 0.5) is 0 Å². The van der Waals surface area contributed by atoms with Crippen LogP contribution >= 0.6 is 0 Å². The summed E-state index contributed by atoms with van der Waals surface area (Å²) in [7, 11) is 0. The molecule has 1 saturated heterocycles. The van der Waals surface area contributed by atoms with Crippen molar-refractivity contribution >= 4 is 0 Å². The topological polar surface area (TPSA) is 71.5 Å².